The second-order valence-corrected chi connectivity index (χ2v) is 16.0. The van der Waals surface area contributed by atoms with E-state index < -0.39 is 41.5 Å². The molecule has 2 aromatic rings. The summed E-state index contributed by atoms with van der Waals surface area (Å²) in [5.41, 5.74) is 1.65. The largest absolute Gasteiger partial charge is 0.444 e. The van der Waals surface area contributed by atoms with Gasteiger partial charge in [0.05, 0.1) is 24.0 Å². The summed E-state index contributed by atoms with van der Waals surface area (Å²) in [6.45, 7) is 15.5. The summed E-state index contributed by atoms with van der Waals surface area (Å²) in [5.74, 6) is -4.16. The predicted octanol–water partition coefficient (Wildman–Crippen LogP) is 8.43. The third kappa shape index (κ3) is 7.73. The number of rotatable bonds is 2. The van der Waals surface area contributed by atoms with Crippen LogP contribution in [0, 0.1) is 12.3 Å². The van der Waals surface area contributed by atoms with Gasteiger partial charge in [-0.2, -0.15) is 0 Å². The Kier molecular flexibility index (Phi) is 9.53. The van der Waals surface area contributed by atoms with Crippen LogP contribution in [0.4, 0.5) is 13.6 Å². The summed E-state index contributed by atoms with van der Waals surface area (Å²) < 4.78 is 36.9. The average Bonchev–Trinajstić information content (AvgIpc) is 3.22. The summed E-state index contributed by atoms with van der Waals surface area (Å²) in [4.78, 5) is 47.3. The van der Waals surface area contributed by atoms with E-state index in [9.17, 15) is 14.4 Å². The molecule has 6 rings (SSSR count). The number of nitrogens with one attached hydrogen (secondary N) is 2. The summed E-state index contributed by atoms with van der Waals surface area (Å²) >= 11 is 0. The van der Waals surface area contributed by atoms with Crippen molar-refractivity contribution in [1.29, 1.82) is 0 Å². The predicted molar refractivity (Wildman–Crippen MR) is 182 cm³/mol. The van der Waals surface area contributed by atoms with Crippen molar-refractivity contribution in [1.82, 2.24) is 15.5 Å². The van der Waals surface area contributed by atoms with E-state index in [4.69, 9.17) is 9.73 Å². The van der Waals surface area contributed by atoms with E-state index in [2.05, 4.69) is 49.6 Å². The number of aliphatic imine (C=N–C) groups is 1. The lowest BCUT2D eigenvalue weighted by Gasteiger charge is -2.41. The zero-order chi connectivity index (χ0) is 35.2. The third-order valence-electron chi connectivity index (χ3n) is 9.62. The summed E-state index contributed by atoms with van der Waals surface area (Å²) in [5, 5.41) is 5.87. The van der Waals surface area contributed by atoms with E-state index in [0.717, 1.165) is 36.0 Å². The SMILES string of the molecule is CC[C@@]12CCCCc3ccc(C)c(c3)[C@H](CC(C)(C)C)NC(=O)c3ccc4c(c3)[C@@H](CC4(F)F)N(C(=O)C1)C(NC(=O)OC(C)(C)C)=N2. The topological polar surface area (TPSA) is 100 Å². The lowest BCUT2D eigenvalue weighted by atomic mass is 9.83. The molecule has 48 heavy (non-hydrogen) atoms. The summed E-state index contributed by atoms with van der Waals surface area (Å²) in [6.07, 6.45) is 2.68. The second-order valence-electron chi connectivity index (χ2n) is 16.0. The van der Waals surface area contributed by atoms with Gasteiger partial charge in [0, 0.05) is 17.5 Å². The second kappa shape index (κ2) is 12.9. The number of benzene rings is 2. The fraction of sp³-hybridized carbons (Fsp3) is 0.579. The number of alkyl halides is 2. The number of carbonyl (C=O) groups excluding carboxylic acids is 3. The van der Waals surface area contributed by atoms with Gasteiger partial charge in [-0.15, -0.1) is 0 Å². The van der Waals surface area contributed by atoms with E-state index in [0.29, 0.717) is 19.3 Å². The highest BCUT2D eigenvalue weighted by Gasteiger charge is 2.52. The molecule has 3 amide bonds. The van der Waals surface area contributed by atoms with Gasteiger partial charge in [-0.3, -0.25) is 19.8 Å². The number of amides is 3. The molecule has 0 spiro atoms. The smallest absolute Gasteiger partial charge is 0.414 e. The van der Waals surface area contributed by atoms with Crippen molar-refractivity contribution in [3.05, 3.63) is 69.8 Å². The Morgan fingerprint density at radius 3 is 2.46 bits per heavy atom. The van der Waals surface area contributed by atoms with Crippen LogP contribution in [0.1, 0.15) is 144 Å². The first-order chi connectivity index (χ1) is 22.3. The van der Waals surface area contributed by atoms with Crippen LogP contribution in [0.25, 0.3) is 0 Å². The highest BCUT2D eigenvalue weighted by atomic mass is 19.3. The number of hydrogen-bond acceptors (Lipinski definition) is 5. The number of carbonyl (C=O) groups is 3. The molecule has 0 unspecified atom stereocenters. The van der Waals surface area contributed by atoms with Crippen LogP contribution in [0.5, 0.6) is 0 Å². The number of aryl methyl sites for hydroxylation is 2. The van der Waals surface area contributed by atoms with Gasteiger partial charge in [-0.05, 0) is 99.6 Å². The highest BCUT2D eigenvalue weighted by molar-refractivity contribution is 6.05. The van der Waals surface area contributed by atoms with Gasteiger partial charge in [0.15, 0.2) is 0 Å². The van der Waals surface area contributed by atoms with Crippen molar-refractivity contribution in [3.8, 4) is 0 Å². The van der Waals surface area contributed by atoms with Gasteiger partial charge in [-0.1, -0.05) is 58.4 Å². The number of ether oxygens (including phenoxy) is 1. The molecular weight excluding hydrogens is 614 g/mol. The molecule has 3 atom stereocenters. The Bertz CT molecular complexity index is 1620. The Morgan fingerprint density at radius 1 is 1.06 bits per heavy atom. The van der Waals surface area contributed by atoms with Crippen molar-refractivity contribution < 1.29 is 27.9 Å². The number of nitrogens with zero attached hydrogens (tertiary/aromatic N) is 2. The van der Waals surface area contributed by atoms with Crippen molar-refractivity contribution >= 4 is 23.9 Å². The highest BCUT2D eigenvalue weighted by Crippen LogP contribution is 2.51. The van der Waals surface area contributed by atoms with Crippen LogP contribution in [0.2, 0.25) is 0 Å². The van der Waals surface area contributed by atoms with Crippen molar-refractivity contribution in [2.24, 2.45) is 10.4 Å². The van der Waals surface area contributed by atoms with Crippen LogP contribution < -0.4 is 10.6 Å². The van der Waals surface area contributed by atoms with Crippen molar-refractivity contribution in [2.75, 3.05) is 0 Å². The lowest BCUT2D eigenvalue weighted by molar-refractivity contribution is -0.132. The van der Waals surface area contributed by atoms with Gasteiger partial charge in [0.1, 0.15) is 5.60 Å². The molecular formula is C38H50F2N4O4. The van der Waals surface area contributed by atoms with Gasteiger partial charge in [-0.25, -0.2) is 18.6 Å². The minimum atomic E-state index is -3.27. The van der Waals surface area contributed by atoms with Gasteiger partial charge >= 0.3 is 6.09 Å². The number of hydrogen-bond donors (Lipinski definition) is 2. The third-order valence-corrected chi connectivity index (χ3v) is 9.62. The molecule has 1 aliphatic carbocycles. The van der Waals surface area contributed by atoms with E-state index in [1.807, 2.05) is 13.8 Å². The number of alkyl carbamates (subject to hydrolysis) is 1. The zero-order valence-corrected chi connectivity index (χ0v) is 29.6. The molecule has 260 valence electrons. The monoisotopic (exact) mass is 664 g/mol. The molecule has 6 bridgehead atoms. The molecule has 0 saturated carbocycles. The van der Waals surface area contributed by atoms with E-state index >= 15 is 8.78 Å². The number of fused-ring (bicyclic) bond motifs is 6. The maximum Gasteiger partial charge on any atom is 0.414 e. The normalized spacial score (nSPS) is 24.4. The Morgan fingerprint density at radius 2 is 1.79 bits per heavy atom. The molecule has 0 aromatic heterocycles. The quantitative estimate of drug-likeness (QED) is 0.337. The number of halogens is 2. The minimum Gasteiger partial charge on any atom is -0.444 e. The molecule has 3 aliphatic heterocycles. The van der Waals surface area contributed by atoms with Crippen molar-refractivity contribution in [2.45, 2.75) is 136 Å². The molecule has 10 heteroatoms. The van der Waals surface area contributed by atoms with Crippen LogP contribution in [-0.2, 0) is 21.9 Å². The maximum absolute atomic E-state index is 15.7. The van der Waals surface area contributed by atoms with Crippen LogP contribution >= 0.6 is 0 Å². The molecule has 8 nitrogen and oxygen atoms in total. The first kappa shape index (κ1) is 35.5. The van der Waals surface area contributed by atoms with Gasteiger partial charge in [0.2, 0.25) is 11.9 Å². The lowest BCUT2D eigenvalue weighted by Crippen LogP contribution is -2.56. The van der Waals surface area contributed by atoms with Gasteiger partial charge < -0.3 is 10.1 Å². The van der Waals surface area contributed by atoms with E-state index in [1.54, 1.807) is 20.8 Å². The molecule has 4 aliphatic rings. The standard InChI is InChI=1S/C38H50F2N4O4/c1-9-37-17-11-10-12-24-14-13-23(2)26(18-24)29(20-35(3,4)5)41-32(46)25-15-16-28-27(19-25)30(21-38(28,39)40)44(31(45)22-37)33(43-37)42-34(47)48-36(6,7)8/h13-16,18-19,29-30H,9-12,17,20-22H2,1-8H3,(H,41,46)(H,42,43,47)/t29-,30+,37+/m0/s1. The Balaban J connectivity index is 1.65. The molecule has 2 N–H and O–H groups in total. The van der Waals surface area contributed by atoms with Crippen LogP contribution in [0.15, 0.2) is 41.4 Å². The van der Waals surface area contributed by atoms with Crippen molar-refractivity contribution in [3.63, 3.8) is 0 Å². The average molecular weight is 665 g/mol. The molecule has 3 heterocycles. The molecule has 2 aromatic carbocycles. The van der Waals surface area contributed by atoms with E-state index in [1.165, 1.54) is 23.1 Å². The summed E-state index contributed by atoms with van der Waals surface area (Å²) in [7, 11) is 0. The van der Waals surface area contributed by atoms with Crippen LogP contribution in [0.3, 0.4) is 0 Å². The van der Waals surface area contributed by atoms with Gasteiger partial charge in [0.25, 0.3) is 11.8 Å². The molecule has 0 fully saturated rings. The summed E-state index contributed by atoms with van der Waals surface area (Å²) in [6, 6.07) is 9.11. The van der Waals surface area contributed by atoms with Crippen LogP contribution in [-0.4, -0.2) is 39.9 Å². The Hall–Kier alpha value is -3.82. The fourth-order valence-corrected chi connectivity index (χ4v) is 7.24. The van der Waals surface area contributed by atoms with E-state index in [-0.39, 0.29) is 46.4 Å². The first-order valence-corrected chi connectivity index (χ1v) is 17.1. The minimum absolute atomic E-state index is 0.0176. The number of guanidine groups is 1. The zero-order valence-electron chi connectivity index (χ0n) is 29.6. The maximum atomic E-state index is 15.7. The molecule has 0 saturated heterocycles. The molecule has 0 radical (unpaired) electrons. The first-order valence-electron chi connectivity index (χ1n) is 17.1. The fourth-order valence-electron chi connectivity index (χ4n) is 7.24. The Labute approximate surface area is 283 Å².